The van der Waals surface area contributed by atoms with Crippen LogP contribution in [-0.2, 0) is 0 Å². The number of hydrogen-bond acceptors (Lipinski definition) is 2. The van der Waals surface area contributed by atoms with Crippen LogP contribution >= 0.6 is 12.4 Å². The van der Waals surface area contributed by atoms with Gasteiger partial charge in [0, 0.05) is 12.1 Å². The minimum Gasteiger partial charge on any atom is -0.492 e. The van der Waals surface area contributed by atoms with Crippen LogP contribution in [0.4, 0.5) is 4.39 Å². The Labute approximate surface area is 118 Å². The number of ether oxygens (including phenoxy) is 1. The molecule has 2 aromatic carbocycles. The molecule has 0 atom stereocenters. The highest BCUT2D eigenvalue weighted by Gasteiger charge is 2.07. The summed E-state index contributed by atoms with van der Waals surface area (Å²) in [6.07, 6.45) is 0. The highest BCUT2D eigenvalue weighted by Crippen LogP contribution is 2.28. The van der Waals surface area contributed by atoms with Crippen molar-refractivity contribution in [1.29, 1.82) is 0 Å². The largest absolute Gasteiger partial charge is 0.492 e. The molecule has 0 heterocycles. The fraction of sp³-hybridized carbons (Fsp3) is 0.200. The summed E-state index contributed by atoms with van der Waals surface area (Å²) in [5, 5.41) is 0. The molecule has 0 bridgehead atoms. The molecule has 0 saturated carbocycles. The minimum atomic E-state index is -0.212. The molecule has 0 fully saturated rings. The average Bonchev–Trinajstić information content (AvgIpc) is 2.38. The number of aryl methyl sites for hydroxylation is 1. The van der Waals surface area contributed by atoms with E-state index in [0.29, 0.717) is 18.7 Å². The molecule has 19 heavy (non-hydrogen) atoms. The first kappa shape index (κ1) is 15.5. The van der Waals surface area contributed by atoms with Crippen LogP contribution in [0.5, 0.6) is 5.75 Å². The number of nitrogens with two attached hydrogens (primary N) is 1. The van der Waals surface area contributed by atoms with Crippen molar-refractivity contribution in [1.82, 2.24) is 0 Å². The van der Waals surface area contributed by atoms with Gasteiger partial charge in [0.25, 0.3) is 0 Å². The van der Waals surface area contributed by atoms with Crippen molar-refractivity contribution in [3.63, 3.8) is 0 Å². The molecular formula is C15H17ClFNO. The van der Waals surface area contributed by atoms with Gasteiger partial charge in [-0.15, -0.1) is 12.4 Å². The second kappa shape index (κ2) is 7.12. The summed E-state index contributed by atoms with van der Waals surface area (Å²) >= 11 is 0. The van der Waals surface area contributed by atoms with E-state index in [-0.39, 0.29) is 18.2 Å². The van der Waals surface area contributed by atoms with Crippen molar-refractivity contribution in [3.05, 3.63) is 53.8 Å². The zero-order chi connectivity index (χ0) is 13.0. The van der Waals surface area contributed by atoms with Crippen molar-refractivity contribution < 1.29 is 9.13 Å². The standard InChI is InChI=1S/C15H16FNO.ClH/c1-11-10-12(18-9-8-17)6-7-13(11)14-4-2-3-5-15(14)16;/h2-7,10H,8-9,17H2,1H3;1H. The molecule has 0 aliphatic rings. The Morgan fingerprint density at radius 1 is 1.11 bits per heavy atom. The van der Waals surface area contributed by atoms with Gasteiger partial charge in [0.05, 0.1) is 0 Å². The quantitative estimate of drug-likeness (QED) is 0.930. The summed E-state index contributed by atoms with van der Waals surface area (Å²) < 4.78 is 19.1. The predicted molar refractivity (Wildman–Crippen MR) is 78.4 cm³/mol. The minimum absolute atomic E-state index is 0. The summed E-state index contributed by atoms with van der Waals surface area (Å²) in [5.74, 6) is 0.550. The fourth-order valence-electron chi connectivity index (χ4n) is 1.88. The molecule has 102 valence electrons. The molecule has 2 N–H and O–H groups in total. The monoisotopic (exact) mass is 281 g/mol. The molecule has 0 radical (unpaired) electrons. The Hall–Kier alpha value is -1.58. The van der Waals surface area contributed by atoms with Crippen LogP contribution in [0.2, 0.25) is 0 Å². The smallest absolute Gasteiger partial charge is 0.131 e. The summed E-state index contributed by atoms with van der Waals surface area (Å²) in [6.45, 7) is 2.91. The van der Waals surface area contributed by atoms with E-state index in [0.717, 1.165) is 16.9 Å². The predicted octanol–water partition coefficient (Wildman–Crippen LogP) is 3.56. The zero-order valence-corrected chi connectivity index (χ0v) is 11.5. The zero-order valence-electron chi connectivity index (χ0n) is 10.7. The lowest BCUT2D eigenvalue weighted by molar-refractivity contribution is 0.328. The van der Waals surface area contributed by atoms with E-state index in [4.69, 9.17) is 10.5 Å². The maximum absolute atomic E-state index is 13.7. The molecule has 0 amide bonds. The molecule has 4 heteroatoms. The Morgan fingerprint density at radius 3 is 2.47 bits per heavy atom. The van der Waals surface area contributed by atoms with Crippen LogP contribution in [0.1, 0.15) is 5.56 Å². The maximum Gasteiger partial charge on any atom is 0.131 e. The second-order valence-electron chi connectivity index (χ2n) is 4.09. The summed E-state index contributed by atoms with van der Waals surface area (Å²) in [6, 6.07) is 12.4. The molecule has 2 rings (SSSR count). The van der Waals surface area contributed by atoms with E-state index in [2.05, 4.69) is 0 Å². The van der Waals surface area contributed by atoms with Crippen molar-refractivity contribution >= 4 is 12.4 Å². The van der Waals surface area contributed by atoms with Gasteiger partial charge < -0.3 is 10.5 Å². The van der Waals surface area contributed by atoms with Gasteiger partial charge in [-0.05, 0) is 36.2 Å². The number of rotatable bonds is 4. The Bertz CT molecular complexity index is 545. The van der Waals surface area contributed by atoms with Gasteiger partial charge in [0.2, 0.25) is 0 Å². The van der Waals surface area contributed by atoms with Gasteiger partial charge in [-0.3, -0.25) is 0 Å². The molecular weight excluding hydrogens is 265 g/mol. The van der Waals surface area contributed by atoms with Gasteiger partial charge in [-0.25, -0.2) is 4.39 Å². The van der Waals surface area contributed by atoms with Crippen LogP contribution in [0.3, 0.4) is 0 Å². The first-order chi connectivity index (χ1) is 8.72. The fourth-order valence-corrected chi connectivity index (χ4v) is 1.88. The van der Waals surface area contributed by atoms with Gasteiger partial charge in [0.1, 0.15) is 18.2 Å². The third kappa shape index (κ3) is 3.69. The lowest BCUT2D eigenvalue weighted by Crippen LogP contribution is -2.10. The lowest BCUT2D eigenvalue weighted by atomic mass is 10.00. The van der Waals surface area contributed by atoms with Gasteiger partial charge in [0.15, 0.2) is 0 Å². The maximum atomic E-state index is 13.7. The van der Waals surface area contributed by atoms with Crippen molar-refractivity contribution in [2.75, 3.05) is 13.2 Å². The summed E-state index contributed by atoms with van der Waals surface area (Å²) in [5.41, 5.74) is 7.86. The van der Waals surface area contributed by atoms with Crippen molar-refractivity contribution in [2.24, 2.45) is 5.73 Å². The topological polar surface area (TPSA) is 35.2 Å². The van der Waals surface area contributed by atoms with Crippen LogP contribution < -0.4 is 10.5 Å². The van der Waals surface area contributed by atoms with Crippen molar-refractivity contribution in [3.8, 4) is 16.9 Å². The van der Waals surface area contributed by atoms with Gasteiger partial charge >= 0.3 is 0 Å². The third-order valence-corrected chi connectivity index (χ3v) is 2.75. The SMILES string of the molecule is Cc1cc(OCCN)ccc1-c1ccccc1F.Cl. The number of hydrogen-bond donors (Lipinski definition) is 1. The van der Waals surface area contributed by atoms with Gasteiger partial charge in [-0.1, -0.05) is 24.3 Å². The number of halogens is 2. The highest BCUT2D eigenvalue weighted by atomic mass is 35.5. The third-order valence-electron chi connectivity index (χ3n) is 2.75. The van der Waals surface area contributed by atoms with E-state index in [1.54, 1.807) is 12.1 Å². The Morgan fingerprint density at radius 2 is 1.84 bits per heavy atom. The molecule has 0 aromatic heterocycles. The van der Waals surface area contributed by atoms with E-state index >= 15 is 0 Å². The van der Waals surface area contributed by atoms with Gasteiger partial charge in [-0.2, -0.15) is 0 Å². The first-order valence-corrected chi connectivity index (χ1v) is 5.91. The average molecular weight is 282 g/mol. The summed E-state index contributed by atoms with van der Waals surface area (Å²) in [4.78, 5) is 0. The number of benzene rings is 2. The lowest BCUT2D eigenvalue weighted by Gasteiger charge is -2.10. The normalized spacial score (nSPS) is 9.84. The molecule has 0 spiro atoms. The van der Waals surface area contributed by atoms with Crippen LogP contribution in [0.15, 0.2) is 42.5 Å². The van der Waals surface area contributed by atoms with Crippen molar-refractivity contribution in [2.45, 2.75) is 6.92 Å². The van der Waals surface area contributed by atoms with E-state index in [1.807, 2.05) is 31.2 Å². The molecule has 0 unspecified atom stereocenters. The van der Waals surface area contributed by atoms with E-state index in [1.165, 1.54) is 6.07 Å². The van der Waals surface area contributed by atoms with Crippen LogP contribution in [0, 0.1) is 12.7 Å². The first-order valence-electron chi connectivity index (χ1n) is 5.91. The molecule has 2 nitrogen and oxygen atoms in total. The molecule has 0 aliphatic carbocycles. The van der Waals surface area contributed by atoms with Crippen LogP contribution in [-0.4, -0.2) is 13.2 Å². The van der Waals surface area contributed by atoms with E-state index in [9.17, 15) is 4.39 Å². The molecule has 0 saturated heterocycles. The molecule has 2 aromatic rings. The van der Waals surface area contributed by atoms with Crippen LogP contribution in [0.25, 0.3) is 11.1 Å². The highest BCUT2D eigenvalue weighted by molar-refractivity contribution is 5.85. The Balaban J connectivity index is 0.00000180. The summed E-state index contributed by atoms with van der Waals surface area (Å²) in [7, 11) is 0. The second-order valence-corrected chi connectivity index (χ2v) is 4.09. The van der Waals surface area contributed by atoms with E-state index < -0.39 is 0 Å². The molecule has 0 aliphatic heterocycles. The Kier molecular flexibility index (Phi) is 5.80.